The first-order valence-corrected chi connectivity index (χ1v) is 5.28. The number of aromatic hydroxyl groups is 1. The van der Waals surface area contributed by atoms with Crippen LogP contribution in [0, 0.1) is 0 Å². The maximum atomic E-state index is 9.84. The summed E-state index contributed by atoms with van der Waals surface area (Å²) in [5.41, 5.74) is 0.970. The number of phenols is 1. The maximum absolute atomic E-state index is 9.84. The largest absolute Gasteiger partial charge is 0.508 e. The Bertz CT molecular complexity index is 349. The quantitative estimate of drug-likeness (QED) is 0.803. The van der Waals surface area contributed by atoms with Gasteiger partial charge in [0.25, 0.3) is 0 Å². The van der Waals surface area contributed by atoms with Crippen molar-refractivity contribution in [1.82, 2.24) is 4.90 Å². The van der Waals surface area contributed by atoms with Crippen LogP contribution in [0.25, 0.3) is 0 Å². The molecule has 1 unspecified atom stereocenters. The van der Waals surface area contributed by atoms with E-state index in [4.69, 9.17) is 4.74 Å². The Labute approximate surface area is 90.3 Å². The van der Waals surface area contributed by atoms with Gasteiger partial charge in [0.1, 0.15) is 11.5 Å². The average molecular weight is 207 g/mol. The third-order valence-electron chi connectivity index (χ3n) is 2.76. The minimum atomic E-state index is 0.360. The Kier molecular flexibility index (Phi) is 2.82. The van der Waals surface area contributed by atoms with Gasteiger partial charge in [-0.1, -0.05) is 6.07 Å². The third kappa shape index (κ3) is 2.07. The van der Waals surface area contributed by atoms with Crippen molar-refractivity contribution in [2.75, 3.05) is 27.2 Å². The van der Waals surface area contributed by atoms with E-state index in [1.165, 1.54) is 0 Å². The fourth-order valence-corrected chi connectivity index (χ4v) is 2.15. The Morgan fingerprint density at radius 1 is 1.47 bits per heavy atom. The van der Waals surface area contributed by atoms with E-state index >= 15 is 0 Å². The number of hydrogen-bond acceptors (Lipinski definition) is 3. The van der Waals surface area contributed by atoms with Crippen molar-refractivity contribution in [2.45, 2.75) is 12.3 Å². The van der Waals surface area contributed by atoms with Crippen molar-refractivity contribution in [3.8, 4) is 11.5 Å². The van der Waals surface area contributed by atoms with Crippen molar-refractivity contribution in [2.24, 2.45) is 0 Å². The highest BCUT2D eigenvalue weighted by Gasteiger charge is 2.24. The predicted molar refractivity (Wildman–Crippen MR) is 59.5 cm³/mol. The molecule has 1 aromatic rings. The van der Waals surface area contributed by atoms with Crippen LogP contribution < -0.4 is 4.74 Å². The van der Waals surface area contributed by atoms with E-state index in [1.54, 1.807) is 6.07 Å². The molecule has 15 heavy (non-hydrogen) atoms. The summed E-state index contributed by atoms with van der Waals surface area (Å²) in [7, 11) is 4.10. The highest BCUT2D eigenvalue weighted by molar-refractivity contribution is 5.47. The summed E-state index contributed by atoms with van der Waals surface area (Å²) in [4.78, 5) is 2.15. The standard InChI is InChI=1S/C12H17NO2/c1-13(2)8-9-6-7-15-11-5-3-4-10(14)12(9)11/h3-5,9,14H,6-8H2,1-2H3. The topological polar surface area (TPSA) is 32.7 Å². The molecule has 1 atom stereocenters. The SMILES string of the molecule is CN(C)CC1CCOc2cccc(O)c21. The Morgan fingerprint density at radius 2 is 2.27 bits per heavy atom. The summed E-state index contributed by atoms with van der Waals surface area (Å²) in [6.45, 7) is 1.70. The van der Waals surface area contributed by atoms with Crippen LogP contribution in [-0.4, -0.2) is 37.3 Å². The molecule has 0 bridgehead atoms. The van der Waals surface area contributed by atoms with Crippen LogP contribution in [0.3, 0.4) is 0 Å². The molecule has 0 saturated carbocycles. The first kappa shape index (κ1) is 10.3. The molecule has 0 fully saturated rings. The van der Waals surface area contributed by atoms with Gasteiger partial charge < -0.3 is 14.7 Å². The van der Waals surface area contributed by atoms with E-state index in [1.807, 2.05) is 12.1 Å². The zero-order valence-corrected chi connectivity index (χ0v) is 9.23. The monoisotopic (exact) mass is 207 g/mol. The molecule has 0 saturated heterocycles. The van der Waals surface area contributed by atoms with E-state index in [9.17, 15) is 5.11 Å². The van der Waals surface area contributed by atoms with Crippen LogP contribution in [0.1, 0.15) is 17.9 Å². The van der Waals surface area contributed by atoms with Gasteiger partial charge in [0, 0.05) is 18.0 Å². The molecule has 1 aromatic carbocycles. The van der Waals surface area contributed by atoms with Crippen LogP contribution in [0.4, 0.5) is 0 Å². The number of hydrogen-bond donors (Lipinski definition) is 1. The second kappa shape index (κ2) is 4.11. The molecule has 0 aliphatic carbocycles. The summed E-state index contributed by atoms with van der Waals surface area (Å²) in [5, 5.41) is 9.84. The highest BCUT2D eigenvalue weighted by atomic mass is 16.5. The van der Waals surface area contributed by atoms with E-state index < -0.39 is 0 Å². The predicted octanol–water partition coefficient (Wildman–Crippen LogP) is 1.82. The zero-order chi connectivity index (χ0) is 10.8. The normalized spacial score (nSPS) is 19.8. The fraction of sp³-hybridized carbons (Fsp3) is 0.500. The molecular weight excluding hydrogens is 190 g/mol. The summed E-state index contributed by atoms with van der Waals surface area (Å²) in [6.07, 6.45) is 0.975. The molecule has 3 heteroatoms. The summed E-state index contributed by atoms with van der Waals surface area (Å²) in [5.74, 6) is 1.58. The van der Waals surface area contributed by atoms with Gasteiger partial charge in [-0.3, -0.25) is 0 Å². The molecular formula is C12H17NO2. The number of nitrogens with zero attached hydrogens (tertiary/aromatic N) is 1. The van der Waals surface area contributed by atoms with Crippen molar-refractivity contribution in [3.63, 3.8) is 0 Å². The zero-order valence-electron chi connectivity index (χ0n) is 9.23. The first-order valence-electron chi connectivity index (χ1n) is 5.28. The van der Waals surface area contributed by atoms with Gasteiger partial charge in [-0.25, -0.2) is 0 Å². The van der Waals surface area contributed by atoms with E-state index in [-0.39, 0.29) is 0 Å². The molecule has 1 aliphatic heterocycles. The molecule has 1 N–H and O–H groups in total. The Balaban J connectivity index is 2.32. The number of phenolic OH excluding ortho intramolecular Hbond substituents is 1. The van der Waals surface area contributed by atoms with Crippen LogP contribution >= 0.6 is 0 Å². The fourth-order valence-electron chi connectivity index (χ4n) is 2.15. The molecule has 0 aromatic heterocycles. The molecule has 82 valence electrons. The van der Waals surface area contributed by atoms with Gasteiger partial charge in [0.2, 0.25) is 0 Å². The lowest BCUT2D eigenvalue weighted by molar-refractivity contribution is 0.240. The van der Waals surface area contributed by atoms with E-state index in [0.717, 1.165) is 30.9 Å². The van der Waals surface area contributed by atoms with Gasteiger partial charge in [0.05, 0.1) is 6.61 Å². The van der Waals surface area contributed by atoms with E-state index in [0.29, 0.717) is 11.7 Å². The molecule has 1 aliphatic rings. The average Bonchev–Trinajstić information content (AvgIpc) is 2.17. The second-order valence-corrected chi connectivity index (χ2v) is 4.29. The third-order valence-corrected chi connectivity index (χ3v) is 2.76. The van der Waals surface area contributed by atoms with Gasteiger partial charge in [-0.2, -0.15) is 0 Å². The Morgan fingerprint density at radius 3 is 3.00 bits per heavy atom. The lowest BCUT2D eigenvalue weighted by Crippen LogP contribution is -2.25. The molecule has 2 rings (SSSR count). The number of ether oxygens (including phenoxy) is 1. The molecule has 0 amide bonds. The Hall–Kier alpha value is -1.22. The van der Waals surface area contributed by atoms with Gasteiger partial charge >= 0.3 is 0 Å². The van der Waals surface area contributed by atoms with Crippen molar-refractivity contribution in [1.29, 1.82) is 0 Å². The highest BCUT2D eigenvalue weighted by Crippen LogP contribution is 2.39. The van der Waals surface area contributed by atoms with Gasteiger partial charge in [-0.15, -0.1) is 0 Å². The summed E-state index contributed by atoms with van der Waals surface area (Å²) in [6, 6.07) is 5.49. The minimum absolute atomic E-state index is 0.360. The van der Waals surface area contributed by atoms with E-state index in [2.05, 4.69) is 19.0 Å². The summed E-state index contributed by atoms with van der Waals surface area (Å²) >= 11 is 0. The van der Waals surface area contributed by atoms with Crippen LogP contribution in [0.2, 0.25) is 0 Å². The van der Waals surface area contributed by atoms with Gasteiger partial charge in [-0.05, 0) is 32.6 Å². The summed E-state index contributed by atoms with van der Waals surface area (Å²) < 4.78 is 5.54. The number of likely N-dealkylation sites (N-methyl/N-ethyl adjacent to an activating group) is 1. The van der Waals surface area contributed by atoms with Crippen molar-refractivity contribution >= 4 is 0 Å². The molecule has 1 heterocycles. The van der Waals surface area contributed by atoms with Crippen LogP contribution in [0.15, 0.2) is 18.2 Å². The molecule has 0 radical (unpaired) electrons. The van der Waals surface area contributed by atoms with Crippen molar-refractivity contribution < 1.29 is 9.84 Å². The number of rotatable bonds is 2. The first-order chi connectivity index (χ1) is 7.18. The van der Waals surface area contributed by atoms with Crippen LogP contribution in [-0.2, 0) is 0 Å². The van der Waals surface area contributed by atoms with Crippen LogP contribution in [0.5, 0.6) is 11.5 Å². The number of fused-ring (bicyclic) bond motifs is 1. The second-order valence-electron chi connectivity index (χ2n) is 4.29. The smallest absolute Gasteiger partial charge is 0.126 e. The molecule has 0 spiro atoms. The number of benzene rings is 1. The van der Waals surface area contributed by atoms with Crippen molar-refractivity contribution in [3.05, 3.63) is 23.8 Å². The minimum Gasteiger partial charge on any atom is -0.508 e. The van der Waals surface area contributed by atoms with Gasteiger partial charge in [0.15, 0.2) is 0 Å². The molecule has 3 nitrogen and oxygen atoms in total. The lowest BCUT2D eigenvalue weighted by Gasteiger charge is -2.28. The maximum Gasteiger partial charge on any atom is 0.126 e. The lowest BCUT2D eigenvalue weighted by atomic mass is 9.92.